The first-order valence-electron chi connectivity index (χ1n) is 3.29. The van der Waals surface area contributed by atoms with Gasteiger partial charge in [0.2, 0.25) is 0 Å². The Hall–Kier alpha value is -1.32. The van der Waals surface area contributed by atoms with Crippen molar-refractivity contribution in [3.05, 3.63) is 24.3 Å². The summed E-state index contributed by atoms with van der Waals surface area (Å²) in [5, 5.41) is 0. The molecule has 0 aromatic heterocycles. The average molecular weight is 253 g/mol. The van der Waals surface area contributed by atoms with Crippen LogP contribution < -0.4 is 0 Å². The first-order chi connectivity index (χ1) is 6.91. The second-order valence-corrected chi connectivity index (χ2v) is 1.21. The summed E-state index contributed by atoms with van der Waals surface area (Å²) in [6.07, 6.45) is 11.5. The molecule has 85 valence electrons. The fraction of sp³-hybridized carbons (Fsp3) is 0.200. The molecule has 0 unspecified atom stereocenters. The van der Waals surface area contributed by atoms with Crippen LogP contribution in [0.2, 0.25) is 0 Å². The quantitative estimate of drug-likeness (QED) is 0.474. The van der Waals surface area contributed by atoms with Gasteiger partial charge in [0.15, 0.2) is 0 Å². The molecule has 1 radical (unpaired) electrons. The maximum absolute atomic E-state index is 8.68. The predicted octanol–water partition coefficient (Wildman–Crippen LogP) is 0.864. The second-order valence-electron chi connectivity index (χ2n) is 1.21. The molecule has 0 aliphatic heterocycles. The van der Waals surface area contributed by atoms with E-state index in [2.05, 4.69) is 12.2 Å². The summed E-state index contributed by atoms with van der Waals surface area (Å²) in [5.74, 6) is 0. The molecule has 0 aromatic carbocycles. The number of carbonyl (C=O) groups excluding carboxylic acids is 4. The minimum atomic E-state index is 0. The number of rotatable bonds is 0. The second kappa shape index (κ2) is 79.0. The maximum atomic E-state index is 8.68. The van der Waals surface area contributed by atoms with Gasteiger partial charge in [0.1, 0.15) is 20.4 Å². The molecule has 5 heteroatoms. The van der Waals surface area contributed by atoms with Crippen LogP contribution in [0.15, 0.2) is 18.2 Å². The zero-order chi connectivity index (χ0) is 12.2. The van der Waals surface area contributed by atoms with E-state index in [9.17, 15) is 0 Å². The van der Waals surface area contributed by atoms with Crippen molar-refractivity contribution in [3.8, 4) is 0 Å². The van der Waals surface area contributed by atoms with Crippen molar-refractivity contribution in [2.75, 3.05) is 0 Å². The fourth-order valence-corrected chi connectivity index (χ4v) is 0.340. The van der Waals surface area contributed by atoms with Gasteiger partial charge in [0.25, 0.3) is 0 Å². The molecule has 0 bridgehead atoms. The van der Waals surface area contributed by atoms with Crippen LogP contribution in [0.3, 0.4) is 0 Å². The molecular weight excluding hydrogens is 239 g/mol. The zero-order valence-electron chi connectivity index (χ0n) is 8.57. The number of hydrogen-bond acceptors (Lipinski definition) is 4. The van der Waals surface area contributed by atoms with Crippen molar-refractivity contribution < 1.29 is 36.2 Å². The third-order valence-electron chi connectivity index (χ3n) is 0.586. The summed E-state index contributed by atoms with van der Waals surface area (Å²) in [4.78, 5) is 32.7. The van der Waals surface area contributed by atoms with Gasteiger partial charge in [-0.05, 0) is 0 Å². The normalized spacial score (nSPS) is 7.53. The Balaban J connectivity index is -0.0000000299. The zero-order valence-corrected chi connectivity index (χ0v) is 9.75. The van der Waals surface area contributed by atoms with Crippen LogP contribution in [0.4, 0.5) is 0 Å². The van der Waals surface area contributed by atoms with Gasteiger partial charge in [-0.1, -0.05) is 0 Å². The Labute approximate surface area is 101 Å². The van der Waals surface area contributed by atoms with Crippen molar-refractivity contribution in [3.63, 3.8) is 0 Å². The van der Waals surface area contributed by atoms with Crippen LogP contribution in [-0.2, 0) is 36.2 Å². The molecule has 0 saturated heterocycles. The minimum Gasteiger partial charge on any atom is -0.542 e. The van der Waals surface area contributed by atoms with Crippen LogP contribution in [0.25, 0.3) is 0 Å². The summed E-state index contributed by atoms with van der Waals surface area (Å²) in [6, 6.07) is 0. The van der Waals surface area contributed by atoms with Crippen LogP contribution in [0.1, 0.15) is 13.3 Å². The molecule has 1 aliphatic carbocycles. The largest absolute Gasteiger partial charge is 2.00 e. The predicted molar refractivity (Wildman–Crippen MR) is 54.3 cm³/mol. The molecule has 0 atom stereocenters. The van der Waals surface area contributed by atoms with Crippen molar-refractivity contribution in [1.29, 1.82) is 0 Å². The van der Waals surface area contributed by atoms with E-state index in [0.717, 1.165) is 6.42 Å². The van der Waals surface area contributed by atoms with Crippen molar-refractivity contribution in [1.82, 2.24) is 0 Å². The summed E-state index contributed by atoms with van der Waals surface area (Å²) in [6.45, 7) is 7.32. The molecule has 0 fully saturated rings. The Morgan fingerprint density at radius 2 is 1.47 bits per heavy atom. The van der Waals surface area contributed by atoms with Crippen molar-refractivity contribution in [2.45, 2.75) is 13.3 Å². The van der Waals surface area contributed by atoms with Crippen LogP contribution >= 0.6 is 0 Å². The first-order valence-corrected chi connectivity index (χ1v) is 3.29. The Morgan fingerprint density at radius 3 is 1.53 bits per heavy atom. The van der Waals surface area contributed by atoms with Crippen molar-refractivity contribution >= 4 is 26.7 Å². The van der Waals surface area contributed by atoms with Gasteiger partial charge in [0.05, 0.1) is 0 Å². The van der Waals surface area contributed by atoms with E-state index >= 15 is 0 Å². The molecule has 0 N–H and O–H groups in total. The van der Waals surface area contributed by atoms with Gasteiger partial charge in [-0.3, -0.25) is 12.4 Å². The SMILES string of the molecule is C=O.C=O.C=O.C[C-]=O.[C-]1=CC=CC1.[Mn+2]. The summed E-state index contributed by atoms with van der Waals surface area (Å²) in [7, 11) is 0. The molecule has 1 rings (SSSR count). The Kier molecular flexibility index (Phi) is 154. The Morgan fingerprint density at radius 1 is 1.13 bits per heavy atom. The van der Waals surface area contributed by atoms with Gasteiger partial charge in [0, 0.05) is 0 Å². The molecule has 0 spiro atoms. The van der Waals surface area contributed by atoms with E-state index in [0.29, 0.717) is 0 Å². The monoisotopic (exact) mass is 253 g/mol. The Bertz CT molecular complexity index is 132. The van der Waals surface area contributed by atoms with Crippen molar-refractivity contribution in [2.24, 2.45) is 0 Å². The van der Waals surface area contributed by atoms with E-state index < -0.39 is 0 Å². The van der Waals surface area contributed by atoms with Gasteiger partial charge in [-0.15, -0.1) is 6.42 Å². The van der Waals surface area contributed by atoms with Crippen LogP contribution in [0, 0.1) is 6.08 Å². The van der Waals surface area contributed by atoms with Crippen LogP contribution in [0.5, 0.6) is 0 Å². The van der Waals surface area contributed by atoms with E-state index in [1.807, 2.05) is 32.5 Å². The molecule has 0 aromatic rings. The molecule has 1 aliphatic rings. The topological polar surface area (TPSA) is 68.3 Å². The smallest absolute Gasteiger partial charge is 0.542 e. The molecule has 0 heterocycles. The van der Waals surface area contributed by atoms with E-state index in [-0.39, 0.29) is 17.1 Å². The third-order valence-corrected chi connectivity index (χ3v) is 0.586. The fourth-order valence-electron chi connectivity index (χ4n) is 0.340. The standard InChI is InChI=1S/C5H5.C2H3O.3CH2O.Mn/c1-2-4-5-3-1;1-2-3;3*1-2;/h1-3H,4H2;1H3;3*1H2;/q2*-1;;;;+2. The summed E-state index contributed by atoms with van der Waals surface area (Å²) >= 11 is 0. The van der Waals surface area contributed by atoms with Gasteiger partial charge >= 0.3 is 17.1 Å². The average Bonchev–Trinajstić information content (AvgIpc) is 2.85. The number of allylic oxidation sites excluding steroid dienone is 4. The molecular formula is C10H14MnO4. The van der Waals surface area contributed by atoms with E-state index in [4.69, 9.17) is 19.2 Å². The number of hydrogen-bond donors (Lipinski definition) is 0. The van der Waals surface area contributed by atoms with Crippen LogP contribution in [-0.4, -0.2) is 26.7 Å². The third kappa shape index (κ3) is 107. The minimum absolute atomic E-state index is 0. The molecule has 0 amide bonds. The van der Waals surface area contributed by atoms with E-state index in [1.165, 1.54) is 13.2 Å². The van der Waals surface area contributed by atoms with Gasteiger partial charge in [-0.2, -0.15) is 13.0 Å². The summed E-state index contributed by atoms with van der Waals surface area (Å²) in [5.41, 5.74) is 0. The van der Waals surface area contributed by atoms with Gasteiger partial charge in [-0.25, -0.2) is 12.2 Å². The molecule has 0 saturated carbocycles. The van der Waals surface area contributed by atoms with Gasteiger partial charge < -0.3 is 19.2 Å². The molecule has 15 heavy (non-hydrogen) atoms. The first kappa shape index (κ1) is 29.2. The summed E-state index contributed by atoms with van der Waals surface area (Å²) < 4.78 is 0. The van der Waals surface area contributed by atoms with E-state index in [1.54, 1.807) is 0 Å². The molecule has 4 nitrogen and oxygen atoms in total. The number of carbonyl (C=O) groups is 3. The maximum Gasteiger partial charge on any atom is 2.00 e.